The lowest BCUT2D eigenvalue weighted by molar-refractivity contribution is -0.384. The van der Waals surface area contributed by atoms with Crippen LogP contribution in [-0.4, -0.2) is 23.4 Å². The number of carbonyl (C=O) groups excluding carboxylic acids is 2. The van der Waals surface area contributed by atoms with Crippen molar-refractivity contribution in [2.24, 2.45) is 0 Å². The first-order valence-electron chi connectivity index (χ1n) is 7.36. The van der Waals surface area contributed by atoms with E-state index in [1.165, 1.54) is 12.1 Å². The summed E-state index contributed by atoms with van der Waals surface area (Å²) >= 11 is 9.24. The number of amides is 1. The summed E-state index contributed by atoms with van der Waals surface area (Å²) in [6.07, 6.45) is 0. The van der Waals surface area contributed by atoms with Crippen molar-refractivity contribution in [3.8, 4) is 0 Å². The Morgan fingerprint density at radius 1 is 1.23 bits per heavy atom. The number of benzene rings is 2. The molecule has 26 heavy (non-hydrogen) atoms. The summed E-state index contributed by atoms with van der Waals surface area (Å²) in [4.78, 5) is 34.2. The zero-order valence-electron chi connectivity index (χ0n) is 13.8. The Bertz CT molecular complexity index is 878. The highest BCUT2D eigenvalue weighted by Gasteiger charge is 2.18. The molecular formula is C17H14BrClN2O5. The second-order valence-electron chi connectivity index (χ2n) is 5.46. The molecule has 0 saturated carbocycles. The number of nitro groups is 1. The lowest BCUT2D eigenvalue weighted by atomic mass is 10.1. The van der Waals surface area contributed by atoms with Crippen LogP contribution in [0.1, 0.15) is 21.5 Å². The van der Waals surface area contributed by atoms with Crippen LogP contribution < -0.4 is 5.32 Å². The Hall–Kier alpha value is -2.45. The number of nitrogens with zero attached hydrogens (tertiary/aromatic N) is 1. The average Bonchev–Trinajstić information content (AvgIpc) is 2.56. The van der Waals surface area contributed by atoms with Gasteiger partial charge in [-0.05, 0) is 43.2 Å². The maximum atomic E-state index is 12.1. The number of hydrogen-bond acceptors (Lipinski definition) is 5. The number of nitro benzene ring substituents is 1. The molecule has 2 aromatic carbocycles. The van der Waals surface area contributed by atoms with Gasteiger partial charge in [0.05, 0.1) is 15.5 Å². The van der Waals surface area contributed by atoms with Crippen LogP contribution in [0, 0.1) is 24.0 Å². The molecule has 1 N–H and O–H groups in total. The first-order valence-corrected chi connectivity index (χ1v) is 8.54. The number of ether oxygens (including phenoxy) is 1. The lowest BCUT2D eigenvalue weighted by Crippen LogP contribution is -2.22. The van der Waals surface area contributed by atoms with Gasteiger partial charge >= 0.3 is 5.97 Å². The highest BCUT2D eigenvalue weighted by atomic mass is 79.9. The molecule has 0 unspecified atom stereocenters. The van der Waals surface area contributed by atoms with Gasteiger partial charge in [0.15, 0.2) is 6.61 Å². The third kappa shape index (κ3) is 4.80. The van der Waals surface area contributed by atoms with Crippen LogP contribution >= 0.6 is 27.5 Å². The monoisotopic (exact) mass is 440 g/mol. The molecule has 7 nitrogen and oxygen atoms in total. The van der Waals surface area contributed by atoms with Crippen molar-refractivity contribution in [1.82, 2.24) is 0 Å². The number of anilines is 1. The Morgan fingerprint density at radius 3 is 2.42 bits per heavy atom. The van der Waals surface area contributed by atoms with Gasteiger partial charge in [0.1, 0.15) is 0 Å². The molecule has 0 heterocycles. The topological polar surface area (TPSA) is 98.5 Å². The quantitative estimate of drug-likeness (QED) is 0.420. The molecule has 0 bridgehead atoms. The number of carbonyl (C=O) groups is 2. The van der Waals surface area contributed by atoms with Gasteiger partial charge in [-0.25, -0.2) is 4.79 Å². The van der Waals surface area contributed by atoms with Gasteiger partial charge in [0.2, 0.25) is 0 Å². The number of rotatable bonds is 5. The van der Waals surface area contributed by atoms with Crippen LogP contribution in [0.2, 0.25) is 5.02 Å². The minimum Gasteiger partial charge on any atom is -0.452 e. The number of nitrogens with one attached hydrogen (secondary N) is 1. The predicted molar refractivity (Wildman–Crippen MR) is 101 cm³/mol. The van der Waals surface area contributed by atoms with E-state index in [1.807, 2.05) is 26.0 Å². The molecule has 2 aromatic rings. The van der Waals surface area contributed by atoms with Crippen LogP contribution in [0.4, 0.5) is 11.4 Å². The fourth-order valence-corrected chi connectivity index (χ4v) is 3.16. The van der Waals surface area contributed by atoms with Crippen LogP contribution in [0.5, 0.6) is 0 Å². The molecule has 0 aliphatic rings. The third-order valence-corrected chi connectivity index (χ3v) is 4.26. The third-order valence-electron chi connectivity index (χ3n) is 3.48. The SMILES string of the molecule is Cc1cc(Br)cc(C)c1NC(=O)COC(=O)c1cc([N+](=O)[O-])ccc1Cl. The second kappa shape index (κ2) is 8.29. The van der Waals surface area contributed by atoms with E-state index in [1.54, 1.807) is 0 Å². The zero-order chi connectivity index (χ0) is 19.4. The van der Waals surface area contributed by atoms with E-state index >= 15 is 0 Å². The lowest BCUT2D eigenvalue weighted by Gasteiger charge is -2.12. The maximum absolute atomic E-state index is 12.1. The van der Waals surface area contributed by atoms with Gasteiger partial charge in [0.25, 0.3) is 11.6 Å². The van der Waals surface area contributed by atoms with Gasteiger partial charge in [0, 0.05) is 22.3 Å². The Labute approximate surface area is 162 Å². The molecule has 0 atom stereocenters. The molecule has 0 radical (unpaired) electrons. The molecule has 0 aliphatic carbocycles. The van der Waals surface area contributed by atoms with E-state index in [9.17, 15) is 19.7 Å². The first-order chi connectivity index (χ1) is 12.2. The van der Waals surface area contributed by atoms with E-state index in [0.29, 0.717) is 5.69 Å². The van der Waals surface area contributed by atoms with Crippen molar-refractivity contribution in [2.75, 3.05) is 11.9 Å². The first kappa shape index (κ1) is 19.9. The van der Waals surface area contributed by atoms with Crippen molar-refractivity contribution in [1.29, 1.82) is 0 Å². The zero-order valence-corrected chi connectivity index (χ0v) is 16.2. The van der Waals surface area contributed by atoms with Crippen LogP contribution in [0.3, 0.4) is 0 Å². The highest BCUT2D eigenvalue weighted by Crippen LogP contribution is 2.25. The molecule has 1 amide bonds. The van der Waals surface area contributed by atoms with E-state index in [4.69, 9.17) is 16.3 Å². The second-order valence-corrected chi connectivity index (χ2v) is 6.78. The minimum atomic E-state index is -0.918. The summed E-state index contributed by atoms with van der Waals surface area (Å²) in [6, 6.07) is 7.09. The van der Waals surface area contributed by atoms with Crippen molar-refractivity contribution in [2.45, 2.75) is 13.8 Å². The molecule has 0 fully saturated rings. The number of aryl methyl sites for hydroxylation is 2. The van der Waals surface area contributed by atoms with Gasteiger partial charge in [-0.15, -0.1) is 0 Å². The predicted octanol–water partition coefficient (Wildman–Crippen LogP) is 4.42. The average molecular weight is 442 g/mol. The normalized spacial score (nSPS) is 10.3. The number of non-ortho nitro benzene ring substituents is 1. The molecule has 136 valence electrons. The molecule has 0 aliphatic heterocycles. The Kier molecular flexibility index (Phi) is 6.33. The largest absolute Gasteiger partial charge is 0.452 e. The molecule has 0 aromatic heterocycles. The van der Waals surface area contributed by atoms with Gasteiger partial charge in [-0.1, -0.05) is 27.5 Å². The van der Waals surface area contributed by atoms with Crippen LogP contribution in [-0.2, 0) is 9.53 Å². The smallest absolute Gasteiger partial charge is 0.340 e. The van der Waals surface area contributed by atoms with Crippen LogP contribution in [0.25, 0.3) is 0 Å². The molecule has 9 heteroatoms. The summed E-state index contributed by atoms with van der Waals surface area (Å²) in [5.74, 6) is -1.45. The summed E-state index contributed by atoms with van der Waals surface area (Å²) in [5.41, 5.74) is 1.84. The minimum absolute atomic E-state index is 0.000562. The molecule has 0 saturated heterocycles. The highest BCUT2D eigenvalue weighted by molar-refractivity contribution is 9.10. The van der Waals surface area contributed by atoms with E-state index < -0.39 is 23.4 Å². The fraction of sp³-hybridized carbons (Fsp3) is 0.176. The van der Waals surface area contributed by atoms with Crippen LogP contribution in [0.15, 0.2) is 34.8 Å². The summed E-state index contributed by atoms with van der Waals surface area (Å²) in [5, 5.41) is 13.5. The Balaban J connectivity index is 2.05. The fourth-order valence-electron chi connectivity index (χ4n) is 2.28. The number of halogens is 2. The van der Waals surface area contributed by atoms with Crippen molar-refractivity contribution in [3.05, 3.63) is 66.6 Å². The van der Waals surface area contributed by atoms with E-state index in [-0.39, 0.29) is 16.3 Å². The van der Waals surface area contributed by atoms with Crippen molar-refractivity contribution < 1.29 is 19.2 Å². The summed E-state index contributed by atoms with van der Waals surface area (Å²) in [7, 11) is 0. The molecule has 2 rings (SSSR count). The van der Waals surface area contributed by atoms with Gasteiger partial charge in [-0.2, -0.15) is 0 Å². The van der Waals surface area contributed by atoms with E-state index in [0.717, 1.165) is 21.7 Å². The molecule has 0 spiro atoms. The number of esters is 1. The summed E-state index contributed by atoms with van der Waals surface area (Å²) in [6.45, 7) is 3.12. The number of hydrogen-bond donors (Lipinski definition) is 1. The molecular weight excluding hydrogens is 428 g/mol. The van der Waals surface area contributed by atoms with E-state index in [2.05, 4.69) is 21.2 Å². The Morgan fingerprint density at radius 2 is 1.85 bits per heavy atom. The van der Waals surface area contributed by atoms with Gasteiger partial charge in [-0.3, -0.25) is 14.9 Å². The van der Waals surface area contributed by atoms with Gasteiger partial charge < -0.3 is 10.1 Å². The van der Waals surface area contributed by atoms with Crippen molar-refractivity contribution in [3.63, 3.8) is 0 Å². The maximum Gasteiger partial charge on any atom is 0.340 e. The summed E-state index contributed by atoms with van der Waals surface area (Å²) < 4.78 is 5.80. The van der Waals surface area contributed by atoms with Crippen molar-refractivity contribution >= 4 is 50.8 Å². The standard InChI is InChI=1S/C17H14BrClN2O5/c1-9-5-11(18)6-10(2)16(9)20-15(22)8-26-17(23)13-7-12(21(24)25)3-4-14(13)19/h3-7H,8H2,1-2H3,(H,20,22).